The van der Waals surface area contributed by atoms with E-state index in [2.05, 4.69) is 10.2 Å². The van der Waals surface area contributed by atoms with E-state index in [9.17, 15) is 9.59 Å². The SMILES string of the molecule is Cc1ccc(NC(=O)CN2CCN(C(=O)[C@@H]3C[C@H]4CC[C@H]3C4)CC2)cc1. The Bertz CT molecular complexity index is 664. The lowest BCUT2D eigenvalue weighted by atomic mass is 9.87. The Morgan fingerprint density at radius 2 is 1.77 bits per heavy atom. The van der Waals surface area contributed by atoms with Gasteiger partial charge in [0.25, 0.3) is 0 Å². The predicted molar refractivity (Wildman–Crippen MR) is 102 cm³/mol. The highest BCUT2D eigenvalue weighted by Crippen LogP contribution is 2.48. The first-order valence-corrected chi connectivity index (χ1v) is 9.96. The van der Waals surface area contributed by atoms with Crippen molar-refractivity contribution in [3.8, 4) is 0 Å². The molecule has 0 aromatic heterocycles. The number of anilines is 1. The molecule has 2 amide bonds. The first-order chi connectivity index (χ1) is 12.6. The molecule has 5 nitrogen and oxygen atoms in total. The lowest BCUT2D eigenvalue weighted by Crippen LogP contribution is -2.52. The molecule has 1 aromatic rings. The molecule has 3 atom stereocenters. The van der Waals surface area contributed by atoms with E-state index in [4.69, 9.17) is 0 Å². The van der Waals surface area contributed by atoms with Gasteiger partial charge in [0.15, 0.2) is 0 Å². The number of fused-ring (bicyclic) bond motifs is 2. The van der Waals surface area contributed by atoms with E-state index in [0.29, 0.717) is 18.4 Å². The molecule has 0 radical (unpaired) electrons. The number of nitrogens with zero attached hydrogens (tertiary/aromatic N) is 2. The van der Waals surface area contributed by atoms with Crippen LogP contribution in [0.2, 0.25) is 0 Å². The molecule has 5 heteroatoms. The molecule has 1 saturated heterocycles. The van der Waals surface area contributed by atoms with Crippen LogP contribution in [0.3, 0.4) is 0 Å². The molecule has 0 unspecified atom stereocenters. The maximum absolute atomic E-state index is 12.8. The zero-order chi connectivity index (χ0) is 18.1. The second-order valence-electron chi connectivity index (χ2n) is 8.30. The Hall–Kier alpha value is -1.88. The molecule has 1 N–H and O–H groups in total. The highest BCUT2D eigenvalue weighted by atomic mass is 16.2. The van der Waals surface area contributed by atoms with Crippen molar-refractivity contribution in [2.24, 2.45) is 17.8 Å². The van der Waals surface area contributed by atoms with Gasteiger partial charge >= 0.3 is 0 Å². The van der Waals surface area contributed by atoms with Crippen molar-refractivity contribution in [3.63, 3.8) is 0 Å². The minimum atomic E-state index is 0.0155. The van der Waals surface area contributed by atoms with Crippen molar-refractivity contribution in [1.29, 1.82) is 0 Å². The molecule has 26 heavy (non-hydrogen) atoms. The summed E-state index contributed by atoms with van der Waals surface area (Å²) < 4.78 is 0. The van der Waals surface area contributed by atoms with Crippen LogP contribution >= 0.6 is 0 Å². The first-order valence-electron chi connectivity index (χ1n) is 9.96. The van der Waals surface area contributed by atoms with Crippen molar-refractivity contribution >= 4 is 17.5 Å². The number of hydrogen-bond acceptors (Lipinski definition) is 3. The lowest BCUT2D eigenvalue weighted by molar-refractivity contribution is -0.139. The highest BCUT2D eigenvalue weighted by Gasteiger charge is 2.44. The predicted octanol–water partition coefficient (Wildman–Crippen LogP) is 2.51. The second-order valence-corrected chi connectivity index (χ2v) is 8.30. The van der Waals surface area contributed by atoms with Gasteiger partial charge in [0, 0.05) is 37.8 Å². The fourth-order valence-corrected chi connectivity index (χ4v) is 4.95. The van der Waals surface area contributed by atoms with Gasteiger partial charge in [-0.1, -0.05) is 24.1 Å². The Morgan fingerprint density at radius 3 is 2.38 bits per heavy atom. The van der Waals surface area contributed by atoms with E-state index < -0.39 is 0 Å². The van der Waals surface area contributed by atoms with E-state index in [1.165, 1.54) is 24.8 Å². The monoisotopic (exact) mass is 355 g/mol. The molecule has 2 bridgehead atoms. The molecule has 4 rings (SSSR count). The summed E-state index contributed by atoms with van der Waals surface area (Å²) in [4.78, 5) is 29.2. The van der Waals surface area contributed by atoms with Gasteiger partial charge in [-0.2, -0.15) is 0 Å². The van der Waals surface area contributed by atoms with Crippen LogP contribution in [0.1, 0.15) is 31.2 Å². The minimum absolute atomic E-state index is 0.0155. The quantitative estimate of drug-likeness (QED) is 0.903. The maximum atomic E-state index is 12.8. The largest absolute Gasteiger partial charge is 0.340 e. The van der Waals surface area contributed by atoms with E-state index in [1.807, 2.05) is 36.1 Å². The highest BCUT2D eigenvalue weighted by molar-refractivity contribution is 5.92. The molecule has 1 aliphatic heterocycles. The Kier molecular flexibility index (Phi) is 4.98. The van der Waals surface area contributed by atoms with Crippen LogP contribution < -0.4 is 5.32 Å². The number of piperazine rings is 1. The summed E-state index contributed by atoms with van der Waals surface area (Å²) in [6.07, 6.45) is 4.97. The summed E-state index contributed by atoms with van der Waals surface area (Å²) in [6, 6.07) is 7.85. The number of hydrogen-bond donors (Lipinski definition) is 1. The van der Waals surface area contributed by atoms with Crippen LogP contribution in [0.15, 0.2) is 24.3 Å². The van der Waals surface area contributed by atoms with Gasteiger partial charge < -0.3 is 10.2 Å². The van der Waals surface area contributed by atoms with Gasteiger partial charge in [0.2, 0.25) is 11.8 Å². The summed E-state index contributed by atoms with van der Waals surface area (Å²) in [5.74, 6) is 2.12. The van der Waals surface area contributed by atoms with E-state index in [0.717, 1.165) is 44.2 Å². The average Bonchev–Trinajstić information content (AvgIpc) is 3.27. The third-order valence-corrected chi connectivity index (χ3v) is 6.44. The Labute approximate surface area is 155 Å². The maximum Gasteiger partial charge on any atom is 0.238 e. The van der Waals surface area contributed by atoms with Gasteiger partial charge in [-0.3, -0.25) is 14.5 Å². The van der Waals surface area contributed by atoms with Crippen molar-refractivity contribution in [3.05, 3.63) is 29.8 Å². The summed E-state index contributed by atoms with van der Waals surface area (Å²) >= 11 is 0. The van der Waals surface area contributed by atoms with Crippen molar-refractivity contribution in [2.75, 3.05) is 38.0 Å². The van der Waals surface area contributed by atoms with Crippen LogP contribution in [0.5, 0.6) is 0 Å². The van der Waals surface area contributed by atoms with Crippen molar-refractivity contribution < 1.29 is 9.59 Å². The summed E-state index contributed by atoms with van der Waals surface area (Å²) in [5.41, 5.74) is 2.02. The molecule has 3 aliphatic rings. The zero-order valence-electron chi connectivity index (χ0n) is 15.6. The number of carbonyl (C=O) groups excluding carboxylic acids is 2. The molecule has 2 aliphatic carbocycles. The summed E-state index contributed by atoms with van der Waals surface area (Å²) in [6.45, 7) is 5.50. The fourth-order valence-electron chi connectivity index (χ4n) is 4.95. The molecular formula is C21H29N3O2. The number of aryl methyl sites for hydroxylation is 1. The number of benzene rings is 1. The summed E-state index contributed by atoms with van der Waals surface area (Å²) in [7, 11) is 0. The normalized spacial score (nSPS) is 28.3. The molecule has 0 spiro atoms. The number of carbonyl (C=O) groups is 2. The van der Waals surface area contributed by atoms with Crippen LogP contribution in [-0.2, 0) is 9.59 Å². The smallest absolute Gasteiger partial charge is 0.238 e. The molecular weight excluding hydrogens is 326 g/mol. The van der Waals surface area contributed by atoms with Gasteiger partial charge in [-0.05, 0) is 50.2 Å². The average molecular weight is 355 g/mol. The molecule has 2 saturated carbocycles. The topological polar surface area (TPSA) is 52.7 Å². The lowest BCUT2D eigenvalue weighted by Gasteiger charge is -2.37. The van der Waals surface area contributed by atoms with Gasteiger partial charge in [-0.25, -0.2) is 0 Å². The van der Waals surface area contributed by atoms with E-state index in [1.54, 1.807) is 0 Å². The number of amides is 2. The Balaban J connectivity index is 1.22. The third-order valence-electron chi connectivity index (χ3n) is 6.44. The zero-order valence-corrected chi connectivity index (χ0v) is 15.6. The van der Waals surface area contributed by atoms with Crippen LogP contribution in [0, 0.1) is 24.7 Å². The van der Waals surface area contributed by atoms with Crippen LogP contribution in [0.25, 0.3) is 0 Å². The fraction of sp³-hybridized carbons (Fsp3) is 0.619. The van der Waals surface area contributed by atoms with Crippen molar-refractivity contribution in [1.82, 2.24) is 9.80 Å². The van der Waals surface area contributed by atoms with Crippen molar-refractivity contribution in [2.45, 2.75) is 32.6 Å². The minimum Gasteiger partial charge on any atom is -0.340 e. The third kappa shape index (κ3) is 3.78. The summed E-state index contributed by atoms with van der Waals surface area (Å²) in [5, 5.41) is 2.95. The van der Waals surface area contributed by atoms with Crippen LogP contribution in [-0.4, -0.2) is 54.3 Å². The van der Waals surface area contributed by atoms with Gasteiger partial charge in [0.05, 0.1) is 6.54 Å². The van der Waals surface area contributed by atoms with Gasteiger partial charge in [0.1, 0.15) is 0 Å². The van der Waals surface area contributed by atoms with Crippen LogP contribution in [0.4, 0.5) is 5.69 Å². The van der Waals surface area contributed by atoms with Gasteiger partial charge in [-0.15, -0.1) is 0 Å². The number of nitrogens with one attached hydrogen (secondary N) is 1. The van der Waals surface area contributed by atoms with E-state index >= 15 is 0 Å². The number of rotatable bonds is 4. The standard InChI is InChI=1S/C21H29N3O2/c1-15-2-6-18(7-3-15)22-20(25)14-23-8-10-24(11-9-23)21(26)19-13-16-4-5-17(19)12-16/h2-3,6-7,16-17,19H,4-5,8-14H2,1H3,(H,22,25)/t16-,17-,19+/m0/s1. The van der Waals surface area contributed by atoms with E-state index in [-0.39, 0.29) is 11.8 Å². The first kappa shape index (κ1) is 17.5. The second kappa shape index (κ2) is 7.39. The molecule has 140 valence electrons. The molecule has 3 fully saturated rings. The Morgan fingerprint density at radius 1 is 1.04 bits per heavy atom. The molecule has 1 heterocycles. The molecule has 1 aromatic carbocycles.